The first kappa shape index (κ1) is 32.3. The Bertz CT molecular complexity index is 731. The van der Waals surface area contributed by atoms with E-state index >= 15 is 0 Å². The molecule has 2 rings (SSSR count). The number of hydrogen-bond acceptors (Lipinski definition) is 2. The number of ether oxygens (including phenoxy) is 2. The van der Waals surface area contributed by atoms with Crippen molar-refractivity contribution in [3.63, 3.8) is 0 Å². The molecule has 0 atom stereocenters. The molecule has 208 valence electrons. The summed E-state index contributed by atoms with van der Waals surface area (Å²) < 4.78 is 12.8. The van der Waals surface area contributed by atoms with Crippen LogP contribution in [0.2, 0.25) is 0 Å². The number of aryl methyl sites for hydroxylation is 1. The van der Waals surface area contributed by atoms with Crippen molar-refractivity contribution in [1.82, 2.24) is 0 Å². The maximum absolute atomic E-state index is 5.75. The number of unbranched alkanes of at least 4 members (excludes halogenated alkanes) is 15. The Morgan fingerprint density at radius 2 is 0.865 bits per heavy atom. The smallest absolute Gasteiger partial charge is 0.0716 e. The second kappa shape index (κ2) is 24.2. The fourth-order valence-electron chi connectivity index (χ4n) is 4.79. The molecule has 0 bridgehead atoms. The van der Waals surface area contributed by atoms with E-state index in [0.717, 1.165) is 26.2 Å². The molecule has 0 aliphatic carbocycles. The van der Waals surface area contributed by atoms with E-state index in [-0.39, 0.29) is 0 Å². The molecule has 0 spiro atoms. The molecule has 0 saturated heterocycles. The van der Waals surface area contributed by atoms with Gasteiger partial charge >= 0.3 is 0 Å². The molecule has 0 radical (unpaired) electrons. The molecule has 3 heteroatoms. The van der Waals surface area contributed by atoms with Gasteiger partial charge in [-0.2, -0.15) is 0 Å². The van der Waals surface area contributed by atoms with E-state index in [1.807, 2.05) is 6.07 Å². The predicted octanol–water partition coefficient (Wildman–Crippen LogP) is 10.7. The van der Waals surface area contributed by atoms with Gasteiger partial charge in [0.05, 0.1) is 6.61 Å². The van der Waals surface area contributed by atoms with E-state index in [1.165, 1.54) is 124 Å². The zero-order valence-electron chi connectivity index (χ0n) is 23.4. The standard InChI is InChI=1S/C34H53IO2/c35-34-26-24-32(25-27-34)21-16-13-11-9-7-5-3-1-2-4-6-8-10-12-14-19-28-36-29-20-30-37-31-33-22-17-15-18-23-33/h15,17-18,22-27H,1-14,16,19-21,28-31H2. The van der Waals surface area contributed by atoms with Gasteiger partial charge in [-0.05, 0) is 71.5 Å². The Kier molecular flexibility index (Phi) is 21.1. The maximum atomic E-state index is 5.75. The zero-order valence-corrected chi connectivity index (χ0v) is 25.6. The molecule has 0 aromatic heterocycles. The average molecular weight is 621 g/mol. The summed E-state index contributed by atoms with van der Waals surface area (Å²) >= 11 is 2.38. The van der Waals surface area contributed by atoms with Crippen molar-refractivity contribution in [2.45, 2.75) is 122 Å². The van der Waals surface area contributed by atoms with Crippen LogP contribution in [0.3, 0.4) is 0 Å². The maximum Gasteiger partial charge on any atom is 0.0716 e. The number of benzene rings is 2. The molecule has 0 saturated carbocycles. The van der Waals surface area contributed by atoms with Crippen molar-refractivity contribution in [2.24, 2.45) is 0 Å². The molecule has 2 aromatic carbocycles. The molecule has 0 amide bonds. The third-order valence-electron chi connectivity index (χ3n) is 7.11. The Hall–Kier alpha value is -0.910. The van der Waals surface area contributed by atoms with E-state index in [4.69, 9.17) is 9.47 Å². The molecule has 2 nitrogen and oxygen atoms in total. The summed E-state index contributed by atoms with van der Waals surface area (Å²) in [5.41, 5.74) is 2.74. The molecule has 0 N–H and O–H groups in total. The fourth-order valence-corrected chi connectivity index (χ4v) is 5.15. The van der Waals surface area contributed by atoms with Crippen molar-refractivity contribution < 1.29 is 9.47 Å². The van der Waals surface area contributed by atoms with Gasteiger partial charge < -0.3 is 9.47 Å². The summed E-state index contributed by atoms with van der Waals surface area (Å²) in [4.78, 5) is 0. The minimum Gasteiger partial charge on any atom is -0.381 e. The summed E-state index contributed by atoms with van der Waals surface area (Å²) in [5.74, 6) is 0. The van der Waals surface area contributed by atoms with Gasteiger partial charge in [-0.3, -0.25) is 0 Å². The van der Waals surface area contributed by atoms with Gasteiger partial charge in [0.25, 0.3) is 0 Å². The second-order valence-electron chi connectivity index (χ2n) is 10.5. The lowest BCUT2D eigenvalue weighted by atomic mass is 10.0. The molecule has 2 aromatic rings. The molecule has 37 heavy (non-hydrogen) atoms. The Morgan fingerprint density at radius 3 is 1.43 bits per heavy atom. The van der Waals surface area contributed by atoms with E-state index in [1.54, 1.807) is 0 Å². The van der Waals surface area contributed by atoms with Gasteiger partial charge in [-0.1, -0.05) is 132 Å². The first-order valence-corrected chi connectivity index (χ1v) is 16.4. The summed E-state index contributed by atoms with van der Waals surface area (Å²) in [5, 5.41) is 0. The summed E-state index contributed by atoms with van der Waals surface area (Å²) in [7, 11) is 0. The van der Waals surface area contributed by atoms with Crippen LogP contribution in [-0.2, 0) is 22.5 Å². The first-order valence-electron chi connectivity index (χ1n) is 15.3. The Labute approximate surface area is 242 Å². The van der Waals surface area contributed by atoms with Gasteiger partial charge in [0.2, 0.25) is 0 Å². The zero-order chi connectivity index (χ0) is 26.1. The largest absolute Gasteiger partial charge is 0.381 e. The van der Waals surface area contributed by atoms with E-state index in [0.29, 0.717) is 6.61 Å². The highest BCUT2D eigenvalue weighted by atomic mass is 127. The molecule has 0 aliphatic heterocycles. The summed E-state index contributed by atoms with van der Waals surface area (Å²) in [6.07, 6.45) is 24.6. The van der Waals surface area contributed by atoms with Crippen LogP contribution in [0.1, 0.15) is 120 Å². The van der Waals surface area contributed by atoms with Crippen LogP contribution in [0.25, 0.3) is 0 Å². The number of hydrogen-bond donors (Lipinski definition) is 0. The molecule has 0 fully saturated rings. The van der Waals surface area contributed by atoms with Crippen LogP contribution in [0.5, 0.6) is 0 Å². The summed E-state index contributed by atoms with van der Waals surface area (Å²) in [6, 6.07) is 19.4. The van der Waals surface area contributed by atoms with Crippen LogP contribution < -0.4 is 0 Å². The van der Waals surface area contributed by atoms with Crippen LogP contribution >= 0.6 is 22.6 Å². The van der Waals surface area contributed by atoms with E-state index < -0.39 is 0 Å². The van der Waals surface area contributed by atoms with Gasteiger partial charge in [0.15, 0.2) is 0 Å². The molecule has 0 unspecified atom stereocenters. The van der Waals surface area contributed by atoms with E-state index in [9.17, 15) is 0 Å². The van der Waals surface area contributed by atoms with Crippen molar-refractivity contribution in [1.29, 1.82) is 0 Å². The molecular formula is C34H53IO2. The number of halogens is 1. The lowest BCUT2D eigenvalue weighted by Crippen LogP contribution is -2.02. The minimum absolute atomic E-state index is 0.705. The van der Waals surface area contributed by atoms with Gasteiger partial charge in [-0.15, -0.1) is 0 Å². The Morgan fingerprint density at radius 1 is 0.405 bits per heavy atom. The molecular weight excluding hydrogens is 567 g/mol. The highest BCUT2D eigenvalue weighted by molar-refractivity contribution is 14.1. The third-order valence-corrected chi connectivity index (χ3v) is 7.83. The lowest BCUT2D eigenvalue weighted by Gasteiger charge is -2.06. The Balaban J connectivity index is 1.18. The minimum atomic E-state index is 0.705. The first-order chi connectivity index (χ1) is 18.3. The van der Waals surface area contributed by atoms with Crippen molar-refractivity contribution in [3.05, 3.63) is 69.3 Å². The molecule has 0 aliphatic rings. The van der Waals surface area contributed by atoms with Crippen LogP contribution in [-0.4, -0.2) is 19.8 Å². The SMILES string of the molecule is Ic1ccc(CCCCCCCCCCCCCCCCCCOCCCOCc2ccccc2)cc1. The van der Waals surface area contributed by atoms with Crippen molar-refractivity contribution >= 4 is 22.6 Å². The van der Waals surface area contributed by atoms with Crippen LogP contribution in [0, 0.1) is 3.57 Å². The van der Waals surface area contributed by atoms with Gasteiger partial charge in [0, 0.05) is 23.4 Å². The highest BCUT2D eigenvalue weighted by Gasteiger charge is 1.97. The summed E-state index contributed by atoms with van der Waals surface area (Å²) in [6.45, 7) is 3.22. The quantitative estimate of drug-likeness (QED) is 0.0812. The average Bonchev–Trinajstić information content (AvgIpc) is 2.92. The fraction of sp³-hybridized carbons (Fsp3) is 0.647. The number of rotatable bonds is 25. The van der Waals surface area contributed by atoms with Gasteiger partial charge in [0.1, 0.15) is 0 Å². The van der Waals surface area contributed by atoms with Crippen LogP contribution in [0.15, 0.2) is 54.6 Å². The molecule has 0 heterocycles. The van der Waals surface area contributed by atoms with Crippen molar-refractivity contribution in [3.8, 4) is 0 Å². The van der Waals surface area contributed by atoms with Crippen LogP contribution in [0.4, 0.5) is 0 Å². The third kappa shape index (κ3) is 19.8. The van der Waals surface area contributed by atoms with Crippen molar-refractivity contribution in [2.75, 3.05) is 19.8 Å². The second-order valence-corrected chi connectivity index (χ2v) is 11.8. The van der Waals surface area contributed by atoms with E-state index in [2.05, 4.69) is 71.1 Å². The van der Waals surface area contributed by atoms with Gasteiger partial charge in [-0.25, -0.2) is 0 Å². The highest BCUT2D eigenvalue weighted by Crippen LogP contribution is 2.15. The monoisotopic (exact) mass is 620 g/mol. The normalized spacial score (nSPS) is 11.3. The lowest BCUT2D eigenvalue weighted by molar-refractivity contribution is 0.0743. The topological polar surface area (TPSA) is 18.5 Å². The predicted molar refractivity (Wildman–Crippen MR) is 168 cm³/mol.